The quantitative estimate of drug-likeness (QED) is 0.820. The van der Waals surface area contributed by atoms with Crippen LogP contribution in [0.25, 0.3) is 0 Å². The molecule has 2 atom stereocenters. The normalized spacial score (nSPS) is 25.4. The number of sulfonamides is 1. The fraction of sp³-hybridized carbons (Fsp3) is 0.737. The minimum absolute atomic E-state index is 0.0674. The minimum Gasteiger partial charge on any atom is -0.354 e. The molecule has 0 aliphatic carbocycles. The summed E-state index contributed by atoms with van der Waals surface area (Å²) >= 11 is 0. The Balaban J connectivity index is 1.74. The largest absolute Gasteiger partial charge is 0.354 e. The van der Waals surface area contributed by atoms with Crippen molar-refractivity contribution in [3.05, 3.63) is 23.5 Å². The van der Waals surface area contributed by atoms with E-state index in [1.54, 1.807) is 11.4 Å². The number of hydrogen-bond donors (Lipinski definition) is 1. The summed E-state index contributed by atoms with van der Waals surface area (Å²) in [6.07, 6.45) is 6.75. The van der Waals surface area contributed by atoms with Crippen molar-refractivity contribution in [2.45, 2.75) is 38.1 Å². The van der Waals surface area contributed by atoms with E-state index >= 15 is 0 Å². The second-order valence-electron chi connectivity index (χ2n) is 7.92. The Bertz CT molecular complexity index is 774. The lowest BCUT2D eigenvalue weighted by molar-refractivity contribution is 0.0944. The van der Waals surface area contributed by atoms with Gasteiger partial charge in [0.2, 0.25) is 10.0 Å². The number of carbonyl (C=O) groups excluding carboxylic acids is 1. The summed E-state index contributed by atoms with van der Waals surface area (Å²) in [5, 5.41) is 2.70. The highest BCUT2D eigenvalue weighted by atomic mass is 32.2. The van der Waals surface area contributed by atoms with Gasteiger partial charge in [0.25, 0.3) is 5.91 Å². The van der Waals surface area contributed by atoms with Crippen LogP contribution in [0.5, 0.6) is 0 Å². The molecule has 2 aliphatic heterocycles. The molecule has 2 aliphatic rings. The lowest BCUT2D eigenvalue weighted by Crippen LogP contribution is -2.45. The number of aromatic nitrogens is 1. The van der Waals surface area contributed by atoms with E-state index in [1.165, 1.54) is 24.8 Å². The topological polar surface area (TPSA) is 74.7 Å². The third-order valence-electron chi connectivity index (χ3n) is 6.02. The molecule has 3 heterocycles. The van der Waals surface area contributed by atoms with E-state index in [0.29, 0.717) is 24.7 Å². The number of likely N-dealkylation sites (tertiary alicyclic amines) is 1. The van der Waals surface area contributed by atoms with Crippen LogP contribution in [-0.2, 0) is 17.1 Å². The number of piperidine rings is 2. The number of nitrogens with zero attached hydrogens (tertiary/aromatic N) is 3. The van der Waals surface area contributed by atoms with Gasteiger partial charge in [-0.2, -0.15) is 0 Å². The maximum absolute atomic E-state index is 12.1. The summed E-state index contributed by atoms with van der Waals surface area (Å²) in [5.41, 5.74) is 1.85. The van der Waals surface area contributed by atoms with Gasteiger partial charge in [0, 0.05) is 39.4 Å². The summed E-state index contributed by atoms with van der Waals surface area (Å²) in [7, 11) is 0.493. The van der Waals surface area contributed by atoms with Gasteiger partial charge in [-0.05, 0) is 50.3 Å². The van der Waals surface area contributed by atoms with Crippen LogP contribution in [-0.4, -0.2) is 67.6 Å². The molecule has 2 saturated heterocycles. The Morgan fingerprint density at radius 3 is 2.67 bits per heavy atom. The van der Waals surface area contributed by atoms with Gasteiger partial charge in [0.05, 0.1) is 12.3 Å². The van der Waals surface area contributed by atoms with Crippen LogP contribution in [0.3, 0.4) is 0 Å². The second kappa shape index (κ2) is 8.32. The first-order valence-electron chi connectivity index (χ1n) is 9.88. The van der Waals surface area contributed by atoms with Crippen molar-refractivity contribution in [2.24, 2.45) is 13.0 Å². The molecular formula is C19H32N4O3S. The first-order chi connectivity index (χ1) is 12.8. The Morgan fingerprint density at radius 1 is 1.19 bits per heavy atom. The van der Waals surface area contributed by atoms with E-state index in [2.05, 4.69) is 16.3 Å². The van der Waals surface area contributed by atoms with Gasteiger partial charge in [-0.25, -0.2) is 12.7 Å². The molecule has 1 N–H and O–H groups in total. The van der Waals surface area contributed by atoms with Gasteiger partial charge < -0.3 is 9.88 Å². The molecule has 8 heteroatoms. The molecule has 3 rings (SSSR count). The number of rotatable bonds is 5. The van der Waals surface area contributed by atoms with Gasteiger partial charge in [0.1, 0.15) is 5.69 Å². The number of amides is 1. The van der Waals surface area contributed by atoms with Gasteiger partial charge >= 0.3 is 0 Å². The fourth-order valence-electron chi connectivity index (χ4n) is 4.57. The van der Waals surface area contributed by atoms with E-state index in [1.807, 2.05) is 17.7 Å². The highest BCUT2D eigenvalue weighted by Crippen LogP contribution is 2.33. The van der Waals surface area contributed by atoms with Crippen molar-refractivity contribution in [3.8, 4) is 0 Å². The van der Waals surface area contributed by atoms with Gasteiger partial charge in [-0.15, -0.1) is 0 Å². The lowest BCUT2D eigenvalue weighted by Gasteiger charge is -2.40. The molecule has 0 bridgehead atoms. The molecule has 0 unspecified atom stereocenters. The summed E-state index contributed by atoms with van der Waals surface area (Å²) in [6, 6.07) is 4.25. The van der Waals surface area contributed by atoms with Crippen LogP contribution in [0.15, 0.2) is 12.1 Å². The zero-order chi connectivity index (χ0) is 19.6. The lowest BCUT2D eigenvalue weighted by atomic mass is 9.94. The van der Waals surface area contributed by atoms with Crippen LogP contribution in [0.2, 0.25) is 0 Å². The third-order valence-corrected chi connectivity index (χ3v) is 7.29. The van der Waals surface area contributed by atoms with E-state index in [9.17, 15) is 13.2 Å². The van der Waals surface area contributed by atoms with Crippen molar-refractivity contribution in [2.75, 3.05) is 39.5 Å². The predicted molar refractivity (Wildman–Crippen MR) is 106 cm³/mol. The molecule has 0 saturated carbocycles. The molecule has 27 heavy (non-hydrogen) atoms. The SMILES string of the molecule is CNC(=O)c1ccc([C@H]2CCCCN2C[C@@H]2CCCN(S(C)(=O)=O)C2)n1C. The molecule has 0 radical (unpaired) electrons. The second-order valence-corrected chi connectivity index (χ2v) is 9.90. The third kappa shape index (κ3) is 4.55. The highest BCUT2D eigenvalue weighted by Gasteiger charge is 2.32. The molecule has 2 fully saturated rings. The zero-order valence-corrected chi connectivity index (χ0v) is 17.5. The standard InChI is InChI=1S/C19H32N4O3S/c1-20-19(24)18-10-9-16(21(18)2)17-8-4-5-11-22(17)13-15-7-6-12-23(14-15)27(3,25)26/h9-10,15,17H,4-8,11-14H2,1-3H3,(H,20,24)/t15-,17+/m0/s1. The van der Waals surface area contributed by atoms with Crippen LogP contribution in [0.1, 0.15) is 54.3 Å². The summed E-state index contributed by atoms with van der Waals surface area (Å²) < 4.78 is 27.5. The average Bonchev–Trinajstić information content (AvgIpc) is 3.02. The number of carbonyl (C=O) groups is 1. The van der Waals surface area contributed by atoms with Gasteiger partial charge in [-0.1, -0.05) is 6.42 Å². The van der Waals surface area contributed by atoms with E-state index < -0.39 is 10.0 Å². The maximum atomic E-state index is 12.1. The molecule has 1 aromatic heterocycles. The predicted octanol–water partition coefficient (Wildman–Crippen LogP) is 1.58. The molecule has 152 valence electrons. The summed E-state index contributed by atoms with van der Waals surface area (Å²) in [5.74, 6) is 0.301. The average molecular weight is 397 g/mol. The molecule has 0 spiro atoms. The minimum atomic E-state index is -3.11. The number of hydrogen-bond acceptors (Lipinski definition) is 4. The molecule has 0 aromatic carbocycles. The Labute approximate surface area is 162 Å². The summed E-state index contributed by atoms with van der Waals surface area (Å²) in [6.45, 7) is 3.21. The van der Waals surface area contributed by atoms with Crippen molar-refractivity contribution >= 4 is 15.9 Å². The van der Waals surface area contributed by atoms with Crippen molar-refractivity contribution in [1.29, 1.82) is 0 Å². The first kappa shape index (κ1) is 20.4. The monoisotopic (exact) mass is 396 g/mol. The summed E-state index contributed by atoms with van der Waals surface area (Å²) in [4.78, 5) is 14.6. The van der Waals surface area contributed by atoms with Gasteiger partial charge in [-0.3, -0.25) is 9.69 Å². The molecule has 7 nitrogen and oxygen atoms in total. The first-order valence-corrected chi connectivity index (χ1v) is 11.7. The van der Waals surface area contributed by atoms with Crippen LogP contribution >= 0.6 is 0 Å². The Morgan fingerprint density at radius 2 is 1.96 bits per heavy atom. The maximum Gasteiger partial charge on any atom is 0.267 e. The molecule has 1 aromatic rings. The van der Waals surface area contributed by atoms with Gasteiger partial charge in [0.15, 0.2) is 0 Å². The zero-order valence-electron chi connectivity index (χ0n) is 16.6. The van der Waals surface area contributed by atoms with Crippen LogP contribution < -0.4 is 5.32 Å². The van der Waals surface area contributed by atoms with E-state index in [0.717, 1.165) is 32.4 Å². The van der Waals surface area contributed by atoms with Crippen molar-refractivity contribution < 1.29 is 13.2 Å². The number of nitrogens with one attached hydrogen (secondary N) is 1. The smallest absolute Gasteiger partial charge is 0.267 e. The van der Waals surface area contributed by atoms with E-state index in [-0.39, 0.29) is 11.9 Å². The Kier molecular flexibility index (Phi) is 6.28. The Hall–Kier alpha value is -1.38. The van der Waals surface area contributed by atoms with Crippen LogP contribution in [0, 0.1) is 5.92 Å². The van der Waals surface area contributed by atoms with Crippen LogP contribution in [0.4, 0.5) is 0 Å². The van der Waals surface area contributed by atoms with Crippen molar-refractivity contribution in [1.82, 2.24) is 19.1 Å². The molecule has 1 amide bonds. The van der Waals surface area contributed by atoms with Crippen molar-refractivity contribution in [3.63, 3.8) is 0 Å². The van der Waals surface area contributed by atoms with E-state index in [4.69, 9.17) is 0 Å². The fourth-order valence-corrected chi connectivity index (χ4v) is 5.51. The highest BCUT2D eigenvalue weighted by molar-refractivity contribution is 7.88. The molecular weight excluding hydrogens is 364 g/mol.